The topological polar surface area (TPSA) is 64.4 Å². The molecule has 4 rings (SSSR count). The molecule has 1 amide bonds. The van der Waals surface area contributed by atoms with E-state index in [1.807, 2.05) is 54.0 Å². The van der Waals surface area contributed by atoms with Gasteiger partial charge in [-0.15, -0.1) is 0 Å². The maximum atomic E-state index is 12.8. The van der Waals surface area contributed by atoms with Gasteiger partial charge in [0.05, 0.1) is 17.6 Å². The van der Waals surface area contributed by atoms with Gasteiger partial charge in [0, 0.05) is 29.6 Å². The van der Waals surface area contributed by atoms with E-state index in [9.17, 15) is 9.59 Å². The summed E-state index contributed by atoms with van der Waals surface area (Å²) >= 11 is 6.13. The molecular formula is C22H22ClN3O3. The molecule has 1 aliphatic rings. The van der Waals surface area contributed by atoms with Crippen LogP contribution in [-0.2, 0) is 20.9 Å². The highest BCUT2D eigenvalue weighted by Gasteiger charge is 2.35. The van der Waals surface area contributed by atoms with Gasteiger partial charge in [-0.1, -0.05) is 23.7 Å². The van der Waals surface area contributed by atoms with Gasteiger partial charge in [-0.2, -0.15) is 0 Å². The van der Waals surface area contributed by atoms with Crippen molar-refractivity contribution in [2.75, 3.05) is 18.1 Å². The molecule has 1 fully saturated rings. The number of aromatic nitrogens is 2. The average Bonchev–Trinajstić information content (AvgIpc) is 3.25. The Hall–Kier alpha value is -2.86. The summed E-state index contributed by atoms with van der Waals surface area (Å²) < 4.78 is 7.02. The molecule has 0 saturated carbocycles. The summed E-state index contributed by atoms with van der Waals surface area (Å²) in [6, 6.07) is 13.3. The lowest BCUT2D eigenvalue weighted by molar-refractivity contribution is -0.143. The van der Waals surface area contributed by atoms with Crippen LogP contribution >= 0.6 is 11.6 Å². The molecule has 1 atom stereocenters. The summed E-state index contributed by atoms with van der Waals surface area (Å²) in [6.45, 7) is 4.61. The summed E-state index contributed by atoms with van der Waals surface area (Å²) in [5.41, 5.74) is 3.42. The third kappa shape index (κ3) is 3.72. The standard InChI is InChI=1S/C22H22ClN3O3/c1-3-29-21(28)13-26-19-7-5-4-6-18(19)24-22(26)15-11-20(27)25(12-15)16-8-9-17(23)14(2)10-16/h4-10,15H,3,11-13H2,1-2H3/t15-/m1/s1. The highest BCUT2D eigenvalue weighted by molar-refractivity contribution is 6.31. The van der Waals surface area contributed by atoms with Crippen LogP contribution in [0.1, 0.15) is 30.7 Å². The number of imidazole rings is 1. The molecule has 2 aromatic carbocycles. The van der Waals surface area contributed by atoms with Crippen molar-refractivity contribution in [3.8, 4) is 0 Å². The first-order valence-electron chi connectivity index (χ1n) is 9.65. The molecule has 0 bridgehead atoms. The number of nitrogens with zero attached hydrogens (tertiary/aromatic N) is 3. The number of anilines is 1. The predicted octanol–water partition coefficient (Wildman–Crippen LogP) is 4.08. The molecule has 0 unspecified atom stereocenters. The van der Waals surface area contributed by atoms with Crippen LogP contribution in [0, 0.1) is 6.92 Å². The van der Waals surface area contributed by atoms with Crippen molar-refractivity contribution in [2.45, 2.75) is 32.7 Å². The molecule has 2 heterocycles. The number of hydrogen-bond acceptors (Lipinski definition) is 4. The minimum Gasteiger partial charge on any atom is -0.465 e. The molecule has 3 aromatic rings. The normalized spacial score (nSPS) is 16.6. The lowest BCUT2D eigenvalue weighted by atomic mass is 10.1. The van der Waals surface area contributed by atoms with E-state index in [2.05, 4.69) is 0 Å². The van der Waals surface area contributed by atoms with E-state index in [1.165, 1.54) is 0 Å². The number of rotatable bonds is 5. The van der Waals surface area contributed by atoms with Crippen molar-refractivity contribution in [2.24, 2.45) is 0 Å². The van der Waals surface area contributed by atoms with Gasteiger partial charge in [0.2, 0.25) is 5.91 Å². The van der Waals surface area contributed by atoms with Crippen molar-refractivity contribution in [1.29, 1.82) is 0 Å². The Bertz CT molecular complexity index is 1090. The number of fused-ring (bicyclic) bond motifs is 1. The van der Waals surface area contributed by atoms with E-state index in [0.717, 1.165) is 28.1 Å². The van der Waals surface area contributed by atoms with Gasteiger partial charge in [-0.3, -0.25) is 9.59 Å². The molecule has 7 heteroatoms. The first-order chi connectivity index (χ1) is 14.0. The van der Waals surface area contributed by atoms with Crippen molar-refractivity contribution in [1.82, 2.24) is 9.55 Å². The van der Waals surface area contributed by atoms with Gasteiger partial charge in [-0.05, 0) is 49.7 Å². The molecular weight excluding hydrogens is 390 g/mol. The summed E-state index contributed by atoms with van der Waals surface area (Å²) in [6.07, 6.45) is 0.341. The van der Waals surface area contributed by atoms with E-state index in [0.29, 0.717) is 24.6 Å². The van der Waals surface area contributed by atoms with Crippen molar-refractivity contribution in [3.05, 3.63) is 58.9 Å². The Morgan fingerprint density at radius 3 is 2.83 bits per heavy atom. The average molecular weight is 412 g/mol. The number of halogens is 1. The molecule has 29 heavy (non-hydrogen) atoms. The smallest absolute Gasteiger partial charge is 0.326 e. The summed E-state index contributed by atoms with van der Waals surface area (Å²) in [5.74, 6) is 0.346. The van der Waals surface area contributed by atoms with E-state index < -0.39 is 0 Å². The van der Waals surface area contributed by atoms with Gasteiger partial charge in [0.25, 0.3) is 0 Å². The number of carbonyl (C=O) groups is 2. The number of esters is 1. The Morgan fingerprint density at radius 2 is 2.07 bits per heavy atom. The van der Waals surface area contributed by atoms with Crippen LogP contribution in [0.25, 0.3) is 11.0 Å². The molecule has 0 spiro atoms. The maximum Gasteiger partial charge on any atom is 0.326 e. The summed E-state index contributed by atoms with van der Waals surface area (Å²) in [7, 11) is 0. The van der Waals surface area contributed by atoms with Gasteiger partial charge in [0.1, 0.15) is 12.4 Å². The molecule has 1 aromatic heterocycles. The lowest BCUT2D eigenvalue weighted by Crippen LogP contribution is -2.25. The van der Waals surface area contributed by atoms with E-state index in [4.69, 9.17) is 21.3 Å². The molecule has 1 aliphatic heterocycles. The van der Waals surface area contributed by atoms with Gasteiger partial charge < -0.3 is 14.2 Å². The van der Waals surface area contributed by atoms with Crippen LogP contribution in [0.15, 0.2) is 42.5 Å². The highest BCUT2D eigenvalue weighted by atomic mass is 35.5. The number of amides is 1. The zero-order chi connectivity index (χ0) is 20.5. The number of hydrogen-bond donors (Lipinski definition) is 0. The molecule has 0 aliphatic carbocycles. The number of para-hydroxylation sites is 2. The van der Waals surface area contributed by atoms with E-state index in [-0.39, 0.29) is 24.3 Å². The number of benzene rings is 2. The summed E-state index contributed by atoms with van der Waals surface area (Å²) in [4.78, 5) is 31.5. The third-order valence-electron chi connectivity index (χ3n) is 5.22. The van der Waals surface area contributed by atoms with Crippen molar-refractivity contribution >= 4 is 40.2 Å². The Labute approximate surface area is 174 Å². The highest BCUT2D eigenvalue weighted by Crippen LogP contribution is 2.34. The van der Waals surface area contributed by atoms with Crippen molar-refractivity contribution < 1.29 is 14.3 Å². The second-order valence-electron chi connectivity index (χ2n) is 7.19. The van der Waals surface area contributed by atoms with Crippen LogP contribution in [0.2, 0.25) is 5.02 Å². The first-order valence-corrected chi connectivity index (χ1v) is 10.0. The fraction of sp³-hybridized carbons (Fsp3) is 0.318. The van der Waals surface area contributed by atoms with Gasteiger partial charge >= 0.3 is 5.97 Å². The second-order valence-corrected chi connectivity index (χ2v) is 7.60. The van der Waals surface area contributed by atoms with Crippen LogP contribution in [0.4, 0.5) is 5.69 Å². The Kier molecular flexibility index (Phi) is 5.28. The predicted molar refractivity (Wildman–Crippen MR) is 112 cm³/mol. The number of aryl methyl sites for hydroxylation is 1. The van der Waals surface area contributed by atoms with E-state index >= 15 is 0 Å². The van der Waals surface area contributed by atoms with Crippen LogP contribution in [0.3, 0.4) is 0 Å². The summed E-state index contributed by atoms with van der Waals surface area (Å²) in [5, 5.41) is 0.674. The first kappa shape index (κ1) is 19.5. The SMILES string of the molecule is CCOC(=O)Cn1c([C@@H]2CC(=O)N(c3ccc(Cl)c(C)c3)C2)nc2ccccc21. The molecule has 150 valence electrons. The van der Waals surface area contributed by atoms with Crippen molar-refractivity contribution in [3.63, 3.8) is 0 Å². The monoisotopic (exact) mass is 411 g/mol. The number of ether oxygens (including phenoxy) is 1. The third-order valence-corrected chi connectivity index (χ3v) is 5.64. The minimum atomic E-state index is -0.314. The van der Waals surface area contributed by atoms with Crippen LogP contribution < -0.4 is 4.90 Å². The second kappa shape index (κ2) is 7.87. The zero-order valence-corrected chi connectivity index (χ0v) is 17.1. The lowest BCUT2D eigenvalue weighted by Gasteiger charge is -2.18. The van der Waals surface area contributed by atoms with Gasteiger partial charge in [-0.25, -0.2) is 4.98 Å². The van der Waals surface area contributed by atoms with E-state index in [1.54, 1.807) is 11.8 Å². The fourth-order valence-corrected chi connectivity index (χ4v) is 3.95. The zero-order valence-electron chi connectivity index (χ0n) is 16.4. The fourth-order valence-electron chi connectivity index (χ4n) is 3.83. The minimum absolute atomic E-state index is 0.0338. The molecule has 0 radical (unpaired) electrons. The Balaban J connectivity index is 1.68. The molecule has 0 N–H and O–H groups in total. The number of carbonyl (C=O) groups excluding carboxylic acids is 2. The van der Waals surface area contributed by atoms with Gasteiger partial charge in [0.15, 0.2) is 0 Å². The Morgan fingerprint density at radius 1 is 1.28 bits per heavy atom. The quantitative estimate of drug-likeness (QED) is 0.593. The molecule has 6 nitrogen and oxygen atoms in total. The maximum absolute atomic E-state index is 12.8. The van der Waals surface area contributed by atoms with Crippen LogP contribution in [-0.4, -0.2) is 34.6 Å². The largest absolute Gasteiger partial charge is 0.465 e. The van der Waals surface area contributed by atoms with Crippen LogP contribution in [0.5, 0.6) is 0 Å². The molecule has 1 saturated heterocycles.